The van der Waals surface area contributed by atoms with E-state index in [4.69, 9.17) is 4.74 Å². The van der Waals surface area contributed by atoms with Crippen LogP contribution >= 0.6 is 0 Å². The van der Waals surface area contributed by atoms with E-state index in [9.17, 15) is 4.39 Å². The maximum atomic E-state index is 14.0. The first-order valence-corrected chi connectivity index (χ1v) is 11.8. The van der Waals surface area contributed by atoms with Gasteiger partial charge in [-0.1, -0.05) is 59.3 Å². The SMILES string of the molecule is CCCCCCCCc1cnc(-c2ccc(OCC(F)CCC(C)CC)cc2)nc1. The van der Waals surface area contributed by atoms with Gasteiger partial charge in [0.05, 0.1) is 0 Å². The molecule has 0 bridgehead atoms. The Labute approximate surface area is 182 Å². The van der Waals surface area contributed by atoms with Crippen molar-refractivity contribution in [2.75, 3.05) is 6.61 Å². The van der Waals surface area contributed by atoms with Gasteiger partial charge in [0.1, 0.15) is 18.5 Å². The second-order valence-electron chi connectivity index (χ2n) is 8.46. The van der Waals surface area contributed by atoms with Gasteiger partial charge in [-0.15, -0.1) is 0 Å². The number of rotatable bonds is 15. The molecule has 0 fully saturated rings. The molecule has 0 aliphatic rings. The number of halogens is 1. The molecule has 2 unspecified atom stereocenters. The monoisotopic (exact) mass is 414 g/mol. The number of aromatic nitrogens is 2. The Morgan fingerprint density at radius 2 is 1.57 bits per heavy atom. The zero-order valence-corrected chi connectivity index (χ0v) is 19.1. The summed E-state index contributed by atoms with van der Waals surface area (Å²) in [6.45, 7) is 6.66. The molecule has 2 aromatic rings. The first kappa shape index (κ1) is 24.3. The fourth-order valence-corrected chi connectivity index (χ4v) is 3.38. The average molecular weight is 415 g/mol. The van der Waals surface area contributed by atoms with E-state index in [1.807, 2.05) is 36.7 Å². The minimum atomic E-state index is -0.916. The molecule has 0 saturated carbocycles. The third kappa shape index (κ3) is 9.23. The molecule has 0 aliphatic heterocycles. The van der Waals surface area contributed by atoms with Crippen LogP contribution in [0.1, 0.15) is 84.1 Å². The summed E-state index contributed by atoms with van der Waals surface area (Å²) in [5.74, 6) is 1.97. The first-order valence-electron chi connectivity index (χ1n) is 11.8. The highest BCUT2D eigenvalue weighted by Gasteiger charge is 2.10. The summed E-state index contributed by atoms with van der Waals surface area (Å²) in [4.78, 5) is 9.04. The molecule has 2 rings (SSSR count). The number of nitrogens with zero attached hydrogens (tertiary/aromatic N) is 2. The van der Waals surface area contributed by atoms with E-state index >= 15 is 0 Å². The lowest BCUT2D eigenvalue weighted by molar-refractivity contribution is 0.179. The molecular formula is C26H39FN2O. The van der Waals surface area contributed by atoms with E-state index in [-0.39, 0.29) is 6.61 Å². The molecule has 30 heavy (non-hydrogen) atoms. The summed E-state index contributed by atoms with van der Waals surface area (Å²) in [6.07, 6.45) is 14.3. The van der Waals surface area contributed by atoms with Crippen molar-refractivity contribution in [1.82, 2.24) is 9.97 Å². The highest BCUT2D eigenvalue weighted by Crippen LogP contribution is 2.21. The lowest BCUT2D eigenvalue weighted by Crippen LogP contribution is -2.14. The van der Waals surface area contributed by atoms with Crippen LogP contribution in [0.2, 0.25) is 0 Å². The number of alkyl halides is 1. The van der Waals surface area contributed by atoms with Crippen molar-refractivity contribution in [2.45, 2.75) is 91.2 Å². The minimum absolute atomic E-state index is 0.111. The molecule has 1 aromatic heterocycles. The van der Waals surface area contributed by atoms with E-state index in [0.29, 0.717) is 23.9 Å². The minimum Gasteiger partial charge on any atom is -0.491 e. The largest absolute Gasteiger partial charge is 0.491 e. The molecule has 166 valence electrons. The molecule has 0 amide bonds. The lowest BCUT2D eigenvalue weighted by atomic mass is 10.0. The molecule has 0 radical (unpaired) electrons. The maximum Gasteiger partial charge on any atom is 0.159 e. The van der Waals surface area contributed by atoms with Gasteiger partial charge in [-0.05, 0) is 61.4 Å². The van der Waals surface area contributed by atoms with E-state index < -0.39 is 6.17 Å². The normalized spacial score (nSPS) is 13.2. The zero-order valence-electron chi connectivity index (χ0n) is 19.1. The van der Waals surface area contributed by atoms with Crippen LogP contribution in [0.25, 0.3) is 11.4 Å². The predicted molar refractivity (Wildman–Crippen MR) is 124 cm³/mol. The summed E-state index contributed by atoms with van der Waals surface area (Å²) in [5, 5.41) is 0. The fourth-order valence-electron chi connectivity index (χ4n) is 3.38. The van der Waals surface area contributed by atoms with Gasteiger partial charge in [0, 0.05) is 18.0 Å². The molecule has 3 nitrogen and oxygen atoms in total. The fraction of sp³-hybridized carbons (Fsp3) is 0.615. The van der Waals surface area contributed by atoms with E-state index in [1.54, 1.807) is 0 Å². The molecule has 0 spiro atoms. The molecule has 1 heterocycles. The highest BCUT2D eigenvalue weighted by atomic mass is 19.1. The Morgan fingerprint density at radius 1 is 0.900 bits per heavy atom. The Balaban J connectivity index is 1.74. The van der Waals surface area contributed by atoms with Crippen molar-refractivity contribution in [3.63, 3.8) is 0 Å². The van der Waals surface area contributed by atoms with Gasteiger partial charge in [-0.2, -0.15) is 0 Å². The molecule has 4 heteroatoms. The van der Waals surface area contributed by atoms with Crippen LogP contribution < -0.4 is 4.74 Å². The summed E-state index contributed by atoms with van der Waals surface area (Å²) < 4.78 is 19.6. The summed E-state index contributed by atoms with van der Waals surface area (Å²) in [7, 11) is 0. The standard InChI is InChI=1S/C26H39FN2O/c1-4-6-7-8-9-10-11-22-18-28-26(29-19-22)23-13-16-25(17-14-23)30-20-24(27)15-12-21(3)5-2/h13-14,16-19,21,24H,4-12,15,20H2,1-3H3. The molecular weight excluding hydrogens is 375 g/mol. The van der Waals surface area contributed by atoms with Crippen molar-refractivity contribution in [1.29, 1.82) is 0 Å². The van der Waals surface area contributed by atoms with Crippen LogP contribution in [-0.2, 0) is 6.42 Å². The number of hydrogen-bond acceptors (Lipinski definition) is 3. The quantitative estimate of drug-likeness (QED) is 0.282. The molecule has 1 aromatic carbocycles. The number of ether oxygens (including phenoxy) is 1. The van der Waals surface area contributed by atoms with Crippen molar-refractivity contribution in [3.8, 4) is 17.1 Å². The van der Waals surface area contributed by atoms with Gasteiger partial charge in [0.15, 0.2) is 5.82 Å². The smallest absolute Gasteiger partial charge is 0.159 e. The maximum absolute atomic E-state index is 14.0. The van der Waals surface area contributed by atoms with Crippen molar-refractivity contribution in [2.24, 2.45) is 5.92 Å². The lowest BCUT2D eigenvalue weighted by Gasteiger charge is -2.13. The molecule has 0 N–H and O–H groups in total. The van der Waals surface area contributed by atoms with Gasteiger partial charge in [-0.25, -0.2) is 14.4 Å². The van der Waals surface area contributed by atoms with Gasteiger partial charge < -0.3 is 4.74 Å². The first-order chi connectivity index (χ1) is 14.6. The number of unbranched alkanes of at least 4 members (excludes halogenated alkanes) is 5. The van der Waals surface area contributed by atoms with Crippen LogP contribution in [0.5, 0.6) is 5.75 Å². The Bertz CT molecular complexity index is 687. The summed E-state index contributed by atoms with van der Waals surface area (Å²) in [5.41, 5.74) is 2.14. The van der Waals surface area contributed by atoms with Crippen LogP contribution in [0, 0.1) is 5.92 Å². The van der Waals surface area contributed by atoms with Gasteiger partial charge in [0.25, 0.3) is 0 Å². The van der Waals surface area contributed by atoms with Gasteiger partial charge in [-0.3, -0.25) is 0 Å². The third-order valence-electron chi connectivity index (χ3n) is 5.74. The molecule has 0 aliphatic carbocycles. The highest BCUT2D eigenvalue weighted by molar-refractivity contribution is 5.55. The van der Waals surface area contributed by atoms with Crippen LogP contribution in [0.15, 0.2) is 36.7 Å². The number of aryl methyl sites for hydroxylation is 1. The second-order valence-corrected chi connectivity index (χ2v) is 8.46. The van der Waals surface area contributed by atoms with Crippen molar-refractivity contribution >= 4 is 0 Å². The van der Waals surface area contributed by atoms with Crippen LogP contribution in [-0.4, -0.2) is 22.7 Å². The van der Waals surface area contributed by atoms with Crippen LogP contribution in [0.3, 0.4) is 0 Å². The molecule has 2 atom stereocenters. The van der Waals surface area contributed by atoms with E-state index in [1.165, 1.54) is 44.1 Å². The average Bonchev–Trinajstić information content (AvgIpc) is 2.79. The van der Waals surface area contributed by atoms with Gasteiger partial charge >= 0.3 is 0 Å². The van der Waals surface area contributed by atoms with Crippen LogP contribution in [0.4, 0.5) is 4.39 Å². The Morgan fingerprint density at radius 3 is 2.23 bits per heavy atom. The van der Waals surface area contributed by atoms with Crippen molar-refractivity contribution < 1.29 is 9.13 Å². The zero-order chi connectivity index (χ0) is 21.6. The molecule has 0 saturated heterocycles. The third-order valence-corrected chi connectivity index (χ3v) is 5.74. The van der Waals surface area contributed by atoms with Gasteiger partial charge in [0.2, 0.25) is 0 Å². The Hall–Kier alpha value is -1.97. The summed E-state index contributed by atoms with van der Waals surface area (Å²) >= 11 is 0. The Kier molecular flexibility index (Phi) is 11.4. The number of benzene rings is 1. The number of hydrogen-bond donors (Lipinski definition) is 0. The van der Waals surface area contributed by atoms with E-state index in [2.05, 4.69) is 30.7 Å². The topological polar surface area (TPSA) is 35.0 Å². The van der Waals surface area contributed by atoms with Crippen molar-refractivity contribution in [3.05, 3.63) is 42.2 Å². The second kappa shape index (κ2) is 14.1. The van der Waals surface area contributed by atoms with E-state index in [0.717, 1.165) is 24.8 Å². The predicted octanol–water partition coefficient (Wildman–Crippen LogP) is 7.59. The summed E-state index contributed by atoms with van der Waals surface area (Å²) in [6, 6.07) is 7.60.